The van der Waals surface area contributed by atoms with Crippen LogP contribution in [0.3, 0.4) is 0 Å². The van der Waals surface area contributed by atoms with Crippen molar-refractivity contribution in [2.75, 3.05) is 20.1 Å². The topological polar surface area (TPSA) is 29.0 Å². The summed E-state index contributed by atoms with van der Waals surface area (Å²) in [5.41, 5.74) is 1.11. The van der Waals surface area contributed by atoms with Gasteiger partial charge < -0.3 is 4.90 Å². The molecule has 2 rings (SSSR count). The Kier molecular flexibility index (Phi) is 2.60. The Balaban J connectivity index is 2.16. The summed E-state index contributed by atoms with van der Waals surface area (Å²) in [6.07, 6.45) is 2.92. The normalized spacial score (nSPS) is 23.7. The van der Waals surface area contributed by atoms with Crippen molar-refractivity contribution >= 4 is 15.9 Å². The van der Waals surface area contributed by atoms with Gasteiger partial charge >= 0.3 is 0 Å². The highest BCUT2D eigenvalue weighted by molar-refractivity contribution is 9.10. The standard InChI is InChI=1S/C9H12BrN3/c1-13-3-2-7(6-13)9-4-8(10)5-11-12-9/h4-5,7H,2-3,6H2,1H3. The minimum absolute atomic E-state index is 0.565. The van der Waals surface area contributed by atoms with E-state index in [2.05, 4.69) is 44.1 Å². The van der Waals surface area contributed by atoms with E-state index < -0.39 is 0 Å². The highest BCUT2D eigenvalue weighted by atomic mass is 79.9. The van der Waals surface area contributed by atoms with E-state index >= 15 is 0 Å². The first kappa shape index (κ1) is 9.09. The van der Waals surface area contributed by atoms with Crippen LogP contribution < -0.4 is 0 Å². The van der Waals surface area contributed by atoms with Gasteiger partial charge in [-0.15, -0.1) is 0 Å². The average Bonchev–Trinajstić information content (AvgIpc) is 2.52. The first-order valence-electron chi connectivity index (χ1n) is 4.42. The molecule has 13 heavy (non-hydrogen) atoms. The fourth-order valence-corrected chi connectivity index (χ4v) is 2.06. The molecular weight excluding hydrogens is 230 g/mol. The number of hydrogen-bond donors (Lipinski definition) is 0. The quantitative estimate of drug-likeness (QED) is 0.749. The zero-order valence-electron chi connectivity index (χ0n) is 7.57. The lowest BCUT2D eigenvalue weighted by Crippen LogP contribution is -2.13. The molecule has 0 spiro atoms. The number of likely N-dealkylation sites (N-methyl/N-ethyl adjacent to an activating group) is 1. The number of hydrogen-bond acceptors (Lipinski definition) is 3. The predicted molar refractivity (Wildman–Crippen MR) is 54.6 cm³/mol. The summed E-state index contributed by atoms with van der Waals surface area (Å²) in [7, 11) is 2.14. The summed E-state index contributed by atoms with van der Waals surface area (Å²) in [6, 6.07) is 2.07. The summed E-state index contributed by atoms with van der Waals surface area (Å²) >= 11 is 3.41. The zero-order chi connectivity index (χ0) is 9.26. The summed E-state index contributed by atoms with van der Waals surface area (Å²) in [4.78, 5) is 2.33. The van der Waals surface area contributed by atoms with Gasteiger partial charge in [0.2, 0.25) is 0 Å². The maximum atomic E-state index is 4.15. The molecule has 1 unspecified atom stereocenters. The molecule has 4 heteroatoms. The predicted octanol–water partition coefficient (Wildman–Crippen LogP) is 1.66. The van der Waals surface area contributed by atoms with Crippen molar-refractivity contribution in [1.29, 1.82) is 0 Å². The maximum absolute atomic E-state index is 4.15. The van der Waals surface area contributed by atoms with Gasteiger partial charge in [-0.05, 0) is 42.0 Å². The third-order valence-electron chi connectivity index (χ3n) is 2.45. The van der Waals surface area contributed by atoms with E-state index in [1.807, 2.05) is 0 Å². The van der Waals surface area contributed by atoms with E-state index in [1.165, 1.54) is 13.0 Å². The molecule has 1 aliphatic heterocycles. The molecule has 0 saturated carbocycles. The SMILES string of the molecule is CN1CCC(c2cc(Br)cnn2)C1. The molecule has 1 fully saturated rings. The second kappa shape index (κ2) is 3.72. The van der Waals surface area contributed by atoms with Crippen molar-refractivity contribution in [2.45, 2.75) is 12.3 Å². The third kappa shape index (κ3) is 2.06. The fraction of sp³-hybridized carbons (Fsp3) is 0.556. The van der Waals surface area contributed by atoms with Crippen LogP contribution in [0.2, 0.25) is 0 Å². The van der Waals surface area contributed by atoms with Crippen LogP contribution in [0.25, 0.3) is 0 Å². The molecule has 0 aromatic carbocycles. The molecular formula is C9H12BrN3. The molecule has 1 aromatic heterocycles. The van der Waals surface area contributed by atoms with E-state index in [1.54, 1.807) is 6.20 Å². The Morgan fingerprint density at radius 3 is 3.08 bits per heavy atom. The van der Waals surface area contributed by atoms with Crippen LogP contribution in [0.5, 0.6) is 0 Å². The maximum Gasteiger partial charge on any atom is 0.0686 e. The molecule has 0 aliphatic carbocycles. The van der Waals surface area contributed by atoms with Crippen LogP contribution in [0.1, 0.15) is 18.0 Å². The molecule has 2 heterocycles. The van der Waals surface area contributed by atoms with E-state index in [9.17, 15) is 0 Å². The molecule has 70 valence electrons. The number of nitrogens with zero attached hydrogens (tertiary/aromatic N) is 3. The molecule has 1 saturated heterocycles. The molecule has 3 nitrogen and oxygen atoms in total. The summed E-state index contributed by atoms with van der Waals surface area (Å²) in [6.45, 7) is 2.27. The minimum Gasteiger partial charge on any atom is -0.306 e. The highest BCUT2D eigenvalue weighted by Gasteiger charge is 2.22. The first-order valence-corrected chi connectivity index (χ1v) is 5.21. The monoisotopic (exact) mass is 241 g/mol. The third-order valence-corrected chi connectivity index (χ3v) is 2.88. The minimum atomic E-state index is 0.565. The van der Waals surface area contributed by atoms with Gasteiger partial charge in [0.25, 0.3) is 0 Å². The van der Waals surface area contributed by atoms with Crippen LogP contribution in [0, 0.1) is 0 Å². The van der Waals surface area contributed by atoms with Crippen molar-refractivity contribution in [2.24, 2.45) is 0 Å². The largest absolute Gasteiger partial charge is 0.306 e. The van der Waals surface area contributed by atoms with Gasteiger partial charge in [0.1, 0.15) is 0 Å². The van der Waals surface area contributed by atoms with E-state index in [0.717, 1.165) is 16.7 Å². The Morgan fingerprint density at radius 2 is 2.46 bits per heavy atom. The van der Waals surface area contributed by atoms with Crippen molar-refractivity contribution < 1.29 is 0 Å². The van der Waals surface area contributed by atoms with Crippen molar-refractivity contribution in [3.8, 4) is 0 Å². The van der Waals surface area contributed by atoms with Gasteiger partial charge in [-0.1, -0.05) is 0 Å². The molecule has 1 aromatic rings. The summed E-state index contributed by atoms with van der Waals surface area (Å²) < 4.78 is 1.02. The number of likely N-dealkylation sites (tertiary alicyclic amines) is 1. The molecule has 1 atom stereocenters. The summed E-state index contributed by atoms with van der Waals surface area (Å²) in [5, 5.41) is 8.09. The Labute approximate surface area is 86.3 Å². The lowest BCUT2D eigenvalue weighted by atomic mass is 10.1. The van der Waals surface area contributed by atoms with Crippen LogP contribution in [-0.2, 0) is 0 Å². The van der Waals surface area contributed by atoms with Crippen molar-refractivity contribution in [3.05, 3.63) is 22.4 Å². The lowest BCUT2D eigenvalue weighted by Gasteiger charge is -2.08. The van der Waals surface area contributed by atoms with Gasteiger partial charge in [-0.25, -0.2) is 0 Å². The number of rotatable bonds is 1. The Hall–Kier alpha value is -0.480. The average molecular weight is 242 g/mol. The Bertz CT molecular complexity index is 303. The zero-order valence-corrected chi connectivity index (χ0v) is 9.16. The van der Waals surface area contributed by atoms with Crippen LogP contribution >= 0.6 is 15.9 Å². The van der Waals surface area contributed by atoms with Crippen LogP contribution in [-0.4, -0.2) is 35.2 Å². The Morgan fingerprint density at radius 1 is 1.62 bits per heavy atom. The van der Waals surface area contributed by atoms with Gasteiger partial charge in [0.05, 0.1) is 11.9 Å². The lowest BCUT2D eigenvalue weighted by molar-refractivity contribution is 0.410. The van der Waals surface area contributed by atoms with Crippen LogP contribution in [0.4, 0.5) is 0 Å². The van der Waals surface area contributed by atoms with E-state index in [-0.39, 0.29) is 0 Å². The first-order chi connectivity index (χ1) is 6.25. The molecule has 0 N–H and O–H groups in total. The summed E-state index contributed by atoms with van der Waals surface area (Å²) in [5.74, 6) is 0.565. The molecule has 1 aliphatic rings. The smallest absolute Gasteiger partial charge is 0.0686 e. The second-order valence-corrected chi connectivity index (χ2v) is 4.46. The van der Waals surface area contributed by atoms with Gasteiger partial charge in [0.15, 0.2) is 0 Å². The van der Waals surface area contributed by atoms with Crippen molar-refractivity contribution in [1.82, 2.24) is 15.1 Å². The molecule has 0 bridgehead atoms. The van der Waals surface area contributed by atoms with E-state index in [0.29, 0.717) is 5.92 Å². The van der Waals surface area contributed by atoms with Crippen LogP contribution in [0.15, 0.2) is 16.7 Å². The second-order valence-electron chi connectivity index (χ2n) is 3.55. The van der Waals surface area contributed by atoms with E-state index in [4.69, 9.17) is 0 Å². The number of aromatic nitrogens is 2. The molecule has 0 amide bonds. The fourth-order valence-electron chi connectivity index (χ4n) is 1.73. The van der Waals surface area contributed by atoms with Gasteiger partial charge in [-0.3, -0.25) is 0 Å². The van der Waals surface area contributed by atoms with Gasteiger partial charge in [-0.2, -0.15) is 10.2 Å². The van der Waals surface area contributed by atoms with Gasteiger partial charge in [0, 0.05) is 16.9 Å². The number of halogens is 1. The van der Waals surface area contributed by atoms with Crippen molar-refractivity contribution in [3.63, 3.8) is 0 Å². The highest BCUT2D eigenvalue weighted by Crippen LogP contribution is 2.25. The molecule has 0 radical (unpaired) electrons.